The Labute approximate surface area is 188 Å². The molecule has 0 amide bonds. The van der Waals surface area contributed by atoms with Gasteiger partial charge in [0, 0.05) is 43.9 Å². The molecular formula is C21H28ClN6OS-. The Morgan fingerprint density at radius 2 is 1.93 bits per heavy atom. The molecule has 1 unspecified atom stereocenters. The maximum Gasteiger partial charge on any atom is 0.173 e. The van der Waals surface area contributed by atoms with E-state index in [-0.39, 0.29) is 18.4 Å². The van der Waals surface area contributed by atoms with Gasteiger partial charge in [-0.1, -0.05) is 18.2 Å². The highest BCUT2D eigenvalue weighted by molar-refractivity contribution is 7.10. The molecule has 3 aromatic rings. The molecule has 9 heteroatoms. The van der Waals surface area contributed by atoms with Crippen LogP contribution in [0.4, 0.5) is 5.69 Å². The summed E-state index contributed by atoms with van der Waals surface area (Å²) in [7, 11) is 1.70. The summed E-state index contributed by atoms with van der Waals surface area (Å²) in [4.78, 5) is 6.28. The van der Waals surface area contributed by atoms with Crippen molar-refractivity contribution in [3.63, 3.8) is 0 Å². The van der Waals surface area contributed by atoms with Gasteiger partial charge >= 0.3 is 0 Å². The van der Waals surface area contributed by atoms with Crippen LogP contribution in [-0.4, -0.2) is 65.0 Å². The van der Waals surface area contributed by atoms with Crippen LogP contribution in [0.3, 0.4) is 0 Å². The van der Waals surface area contributed by atoms with Crippen molar-refractivity contribution >= 4 is 17.0 Å². The third-order valence-electron chi connectivity index (χ3n) is 5.51. The van der Waals surface area contributed by atoms with Crippen LogP contribution in [0.15, 0.2) is 35.7 Å². The Bertz CT molecular complexity index is 923. The van der Waals surface area contributed by atoms with E-state index in [2.05, 4.69) is 74.9 Å². The van der Waals surface area contributed by atoms with Crippen LogP contribution in [0.1, 0.15) is 27.9 Å². The highest BCUT2D eigenvalue weighted by Gasteiger charge is 2.31. The predicted molar refractivity (Wildman–Crippen MR) is 116 cm³/mol. The lowest BCUT2D eigenvalue weighted by Gasteiger charge is -2.40. The van der Waals surface area contributed by atoms with E-state index < -0.39 is 0 Å². The number of tetrazole rings is 1. The van der Waals surface area contributed by atoms with Crippen LogP contribution in [0.25, 0.3) is 0 Å². The molecule has 162 valence electrons. The molecule has 1 aliphatic rings. The molecule has 0 saturated carbocycles. The van der Waals surface area contributed by atoms with Crippen molar-refractivity contribution in [1.82, 2.24) is 25.1 Å². The number of nitrogens with zero attached hydrogens (tertiary/aromatic N) is 6. The van der Waals surface area contributed by atoms with Crippen molar-refractivity contribution < 1.29 is 17.1 Å². The first-order chi connectivity index (χ1) is 14.2. The van der Waals surface area contributed by atoms with Gasteiger partial charge in [0.05, 0.1) is 13.2 Å². The summed E-state index contributed by atoms with van der Waals surface area (Å²) in [5, 5.41) is 14.7. The Morgan fingerprint density at radius 3 is 2.63 bits per heavy atom. The Balaban J connectivity index is 0.00000256. The van der Waals surface area contributed by atoms with Crippen molar-refractivity contribution in [3.8, 4) is 0 Å². The molecule has 1 aliphatic heterocycles. The van der Waals surface area contributed by atoms with E-state index in [1.165, 1.54) is 21.7 Å². The Morgan fingerprint density at radius 1 is 1.13 bits per heavy atom. The highest BCUT2D eigenvalue weighted by Crippen LogP contribution is 2.32. The van der Waals surface area contributed by atoms with Crippen molar-refractivity contribution in [3.05, 3.63) is 57.5 Å². The largest absolute Gasteiger partial charge is 1.00 e. The normalized spacial score (nSPS) is 15.8. The van der Waals surface area contributed by atoms with Gasteiger partial charge in [-0.15, -0.1) is 16.4 Å². The lowest BCUT2D eigenvalue weighted by atomic mass is 10.1. The minimum Gasteiger partial charge on any atom is -1.00 e. The number of halogens is 1. The summed E-state index contributed by atoms with van der Waals surface area (Å²) in [6.07, 6.45) is 0. The lowest BCUT2D eigenvalue weighted by molar-refractivity contribution is -0.00000649. The number of aryl methyl sites for hydroxylation is 2. The number of aromatic nitrogens is 4. The smallest absolute Gasteiger partial charge is 0.173 e. The molecule has 3 heterocycles. The summed E-state index contributed by atoms with van der Waals surface area (Å²) >= 11 is 1.76. The van der Waals surface area contributed by atoms with Gasteiger partial charge in [-0.3, -0.25) is 4.90 Å². The van der Waals surface area contributed by atoms with Crippen LogP contribution in [0.5, 0.6) is 0 Å². The first-order valence-corrected chi connectivity index (χ1v) is 10.9. The molecule has 1 atom stereocenters. The van der Waals surface area contributed by atoms with Crippen LogP contribution >= 0.6 is 11.3 Å². The fraction of sp³-hybridized carbons (Fsp3) is 0.476. The minimum atomic E-state index is 0. The monoisotopic (exact) mass is 447 g/mol. The molecule has 4 rings (SSSR count). The molecule has 30 heavy (non-hydrogen) atoms. The number of piperazine rings is 1. The fourth-order valence-corrected chi connectivity index (χ4v) is 4.80. The summed E-state index contributed by atoms with van der Waals surface area (Å²) < 4.78 is 7.12. The SMILES string of the molecule is COCCn1nnnc1C(c1cccs1)N1CCN(c2cc(C)ccc2C)CC1.[Cl-]. The van der Waals surface area contributed by atoms with Gasteiger partial charge in [0.1, 0.15) is 6.04 Å². The van der Waals surface area contributed by atoms with Crippen LogP contribution in [0.2, 0.25) is 0 Å². The zero-order chi connectivity index (χ0) is 20.2. The molecule has 0 radical (unpaired) electrons. The molecule has 0 bridgehead atoms. The van der Waals surface area contributed by atoms with Gasteiger partial charge in [0.25, 0.3) is 0 Å². The fourth-order valence-electron chi connectivity index (χ4n) is 3.94. The second-order valence-electron chi connectivity index (χ2n) is 7.48. The number of thiophene rings is 1. The first-order valence-electron chi connectivity index (χ1n) is 10.0. The Kier molecular flexibility index (Phi) is 7.82. The molecular weight excluding hydrogens is 420 g/mol. The number of anilines is 1. The molecule has 1 aromatic carbocycles. The molecule has 0 spiro atoms. The average Bonchev–Trinajstić information content (AvgIpc) is 3.42. The third-order valence-corrected chi connectivity index (χ3v) is 6.43. The van der Waals surface area contributed by atoms with E-state index >= 15 is 0 Å². The van der Waals surface area contributed by atoms with Gasteiger partial charge in [0.15, 0.2) is 5.82 Å². The summed E-state index contributed by atoms with van der Waals surface area (Å²) in [6, 6.07) is 11.1. The van der Waals surface area contributed by atoms with E-state index in [1.807, 2.05) is 4.68 Å². The van der Waals surface area contributed by atoms with Gasteiger partial charge in [-0.05, 0) is 52.9 Å². The lowest BCUT2D eigenvalue weighted by Crippen LogP contribution is -3.00. The molecule has 1 saturated heterocycles. The number of hydrogen-bond donors (Lipinski definition) is 0. The van der Waals surface area contributed by atoms with Crippen LogP contribution in [-0.2, 0) is 11.3 Å². The van der Waals surface area contributed by atoms with Crippen molar-refractivity contribution in [2.45, 2.75) is 26.4 Å². The second kappa shape index (κ2) is 10.3. The van der Waals surface area contributed by atoms with E-state index in [1.54, 1.807) is 18.4 Å². The average molecular weight is 448 g/mol. The number of benzene rings is 1. The number of hydrogen-bond acceptors (Lipinski definition) is 7. The highest BCUT2D eigenvalue weighted by atomic mass is 35.5. The predicted octanol–water partition coefficient (Wildman–Crippen LogP) is -0.0866. The minimum absolute atomic E-state index is 0. The van der Waals surface area contributed by atoms with Gasteiger partial charge < -0.3 is 22.0 Å². The van der Waals surface area contributed by atoms with Gasteiger partial charge in [0.2, 0.25) is 0 Å². The summed E-state index contributed by atoms with van der Waals surface area (Å²) in [5.41, 5.74) is 3.99. The summed E-state index contributed by atoms with van der Waals surface area (Å²) in [5.74, 6) is 0.893. The molecule has 1 fully saturated rings. The molecule has 7 nitrogen and oxygen atoms in total. The second-order valence-corrected chi connectivity index (χ2v) is 8.46. The number of ether oxygens (including phenoxy) is 1. The maximum atomic E-state index is 5.24. The third kappa shape index (κ3) is 4.83. The molecule has 2 aromatic heterocycles. The quantitative estimate of drug-likeness (QED) is 0.504. The first kappa shape index (κ1) is 22.7. The zero-order valence-electron chi connectivity index (χ0n) is 17.7. The standard InChI is InChI=1S/C21H28N6OS.ClH/c1-16-6-7-17(2)18(15-16)25-8-10-26(11-9-25)20(19-5-4-14-29-19)21-22-23-24-27(21)12-13-28-3;/h4-7,14-15,20H,8-13H2,1-3H3;1H/p-1. The van der Waals surface area contributed by atoms with Crippen molar-refractivity contribution in [1.29, 1.82) is 0 Å². The molecule has 0 N–H and O–H groups in total. The van der Waals surface area contributed by atoms with Crippen molar-refractivity contribution in [2.75, 3.05) is 44.8 Å². The van der Waals surface area contributed by atoms with E-state index in [0.717, 1.165) is 32.0 Å². The van der Waals surface area contributed by atoms with Crippen LogP contribution in [0, 0.1) is 13.8 Å². The Hall–Kier alpha value is -2.00. The number of rotatable bonds is 7. The maximum absolute atomic E-state index is 5.24. The van der Waals surface area contributed by atoms with Gasteiger partial charge in [-0.25, -0.2) is 4.68 Å². The topological polar surface area (TPSA) is 59.3 Å². The van der Waals surface area contributed by atoms with E-state index in [9.17, 15) is 0 Å². The zero-order valence-corrected chi connectivity index (χ0v) is 19.2. The number of methoxy groups -OCH3 is 1. The summed E-state index contributed by atoms with van der Waals surface area (Å²) in [6.45, 7) is 9.52. The van der Waals surface area contributed by atoms with E-state index in [0.29, 0.717) is 13.2 Å². The van der Waals surface area contributed by atoms with E-state index in [4.69, 9.17) is 4.74 Å². The molecule has 0 aliphatic carbocycles. The van der Waals surface area contributed by atoms with Gasteiger partial charge in [-0.2, -0.15) is 0 Å². The van der Waals surface area contributed by atoms with Crippen molar-refractivity contribution in [2.24, 2.45) is 0 Å². The van der Waals surface area contributed by atoms with Crippen LogP contribution < -0.4 is 17.3 Å².